The molecule has 6 nitrogen and oxygen atoms in total. The Hall–Kier alpha value is -2.57. The minimum Gasteiger partial charge on any atom is -0.497 e. The molecule has 0 aromatic heterocycles. The molecule has 2 aromatic carbocycles. The molecule has 1 aliphatic heterocycles. The van der Waals surface area contributed by atoms with Gasteiger partial charge >= 0.3 is 0 Å². The van der Waals surface area contributed by atoms with E-state index < -0.39 is 5.60 Å². The SMILES string of the molecule is COc1cccc(Oc2ccc(NC(=O)C3(OC)CCNCC3)cc2)c1. The second-order valence-electron chi connectivity index (χ2n) is 6.21. The summed E-state index contributed by atoms with van der Waals surface area (Å²) in [6, 6.07) is 14.7. The van der Waals surface area contributed by atoms with Crippen LogP contribution in [-0.4, -0.2) is 38.8 Å². The number of amides is 1. The van der Waals surface area contributed by atoms with Crippen LogP contribution in [0.15, 0.2) is 48.5 Å². The van der Waals surface area contributed by atoms with Crippen LogP contribution in [0.3, 0.4) is 0 Å². The molecule has 0 saturated carbocycles. The van der Waals surface area contributed by atoms with Gasteiger partial charge in [-0.2, -0.15) is 0 Å². The second-order valence-corrected chi connectivity index (χ2v) is 6.21. The molecule has 0 aliphatic carbocycles. The minimum absolute atomic E-state index is 0.108. The van der Waals surface area contributed by atoms with Gasteiger partial charge in [0.05, 0.1) is 7.11 Å². The number of methoxy groups -OCH3 is 2. The molecule has 1 amide bonds. The monoisotopic (exact) mass is 356 g/mol. The van der Waals surface area contributed by atoms with Crippen molar-refractivity contribution in [3.63, 3.8) is 0 Å². The molecule has 26 heavy (non-hydrogen) atoms. The molecule has 2 aromatic rings. The second kappa shape index (κ2) is 8.21. The number of carbonyl (C=O) groups excluding carboxylic acids is 1. The van der Waals surface area contributed by atoms with Gasteiger partial charge in [0.1, 0.15) is 22.8 Å². The summed E-state index contributed by atoms with van der Waals surface area (Å²) < 4.78 is 16.6. The number of rotatable bonds is 6. The van der Waals surface area contributed by atoms with Crippen LogP contribution in [0, 0.1) is 0 Å². The van der Waals surface area contributed by atoms with Crippen LogP contribution in [0.2, 0.25) is 0 Å². The van der Waals surface area contributed by atoms with E-state index in [-0.39, 0.29) is 5.91 Å². The van der Waals surface area contributed by atoms with Gasteiger partial charge in [-0.15, -0.1) is 0 Å². The van der Waals surface area contributed by atoms with E-state index in [4.69, 9.17) is 14.2 Å². The van der Waals surface area contributed by atoms with Crippen LogP contribution in [0.25, 0.3) is 0 Å². The predicted octanol–water partition coefficient (Wildman–Crippen LogP) is 3.19. The topological polar surface area (TPSA) is 68.8 Å². The van der Waals surface area contributed by atoms with Gasteiger partial charge in [-0.1, -0.05) is 6.07 Å². The van der Waals surface area contributed by atoms with E-state index in [2.05, 4.69) is 10.6 Å². The summed E-state index contributed by atoms with van der Waals surface area (Å²) >= 11 is 0. The third-order valence-corrected chi connectivity index (χ3v) is 4.60. The first-order chi connectivity index (χ1) is 12.6. The van der Waals surface area contributed by atoms with Gasteiger partial charge in [-0.05, 0) is 62.3 Å². The van der Waals surface area contributed by atoms with Gasteiger partial charge in [0.15, 0.2) is 0 Å². The number of carbonyl (C=O) groups is 1. The van der Waals surface area contributed by atoms with Gasteiger partial charge in [0.25, 0.3) is 5.91 Å². The van der Waals surface area contributed by atoms with E-state index in [1.165, 1.54) is 0 Å². The zero-order chi connectivity index (χ0) is 18.4. The fourth-order valence-corrected chi connectivity index (χ4v) is 3.01. The maximum Gasteiger partial charge on any atom is 0.256 e. The lowest BCUT2D eigenvalue weighted by atomic mass is 9.91. The van der Waals surface area contributed by atoms with Crippen LogP contribution in [-0.2, 0) is 9.53 Å². The Labute approximate surface area is 153 Å². The van der Waals surface area contributed by atoms with Gasteiger partial charge < -0.3 is 24.8 Å². The smallest absolute Gasteiger partial charge is 0.256 e. The number of benzene rings is 2. The molecule has 3 rings (SSSR count). The number of hydrogen-bond donors (Lipinski definition) is 2. The van der Waals surface area contributed by atoms with Gasteiger partial charge in [0.2, 0.25) is 0 Å². The maximum atomic E-state index is 12.7. The Bertz CT molecular complexity index is 740. The predicted molar refractivity (Wildman–Crippen MR) is 100.0 cm³/mol. The molecule has 0 radical (unpaired) electrons. The average Bonchev–Trinajstić information content (AvgIpc) is 2.70. The number of hydrogen-bond acceptors (Lipinski definition) is 5. The Balaban J connectivity index is 1.64. The van der Waals surface area contributed by atoms with E-state index in [0.29, 0.717) is 30.0 Å². The molecular weight excluding hydrogens is 332 g/mol. The first kappa shape index (κ1) is 18.2. The van der Waals surface area contributed by atoms with Crippen molar-refractivity contribution in [2.45, 2.75) is 18.4 Å². The maximum absolute atomic E-state index is 12.7. The van der Waals surface area contributed by atoms with Crippen molar-refractivity contribution in [2.24, 2.45) is 0 Å². The molecule has 0 atom stereocenters. The van der Waals surface area contributed by atoms with Gasteiger partial charge in [-0.25, -0.2) is 0 Å². The summed E-state index contributed by atoms with van der Waals surface area (Å²) in [5, 5.41) is 6.19. The Morgan fingerprint density at radius 2 is 1.69 bits per heavy atom. The molecule has 1 saturated heterocycles. The molecule has 6 heteroatoms. The molecule has 1 aliphatic rings. The molecule has 2 N–H and O–H groups in total. The Kier molecular flexibility index (Phi) is 5.75. The zero-order valence-electron chi connectivity index (χ0n) is 15.1. The van der Waals surface area contributed by atoms with E-state index in [0.717, 1.165) is 18.8 Å². The lowest BCUT2D eigenvalue weighted by Crippen LogP contribution is -2.51. The average molecular weight is 356 g/mol. The third kappa shape index (κ3) is 4.15. The van der Waals surface area contributed by atoms with Crippen LogP contribution < -0.4 is 20.1 Å². The summed E-state index contributed by atoms with van der Waals surface area (Å²) in [5.41, 5.74) is -0.0518. The van der Waals surface area contributed by atoms with Crippen molar-refractivity contribution >= 4 is 11.6 Å². The van der Waals surface area contributed by atoms with Crippen molar-refractivity contribution in [1.29, 1.82) is 0 Å². The summed E-state index contributed by atoms with van der Waals surface area (Å²) in [6.07, 6.45) is 1.32. The van der Waals surface area contributed by atoms with Crippen LogP contribution in [0.1, 0.15) is 12.8 Å². The van der Waals surface area contributed by atoms with Gasteiger partial charge in [0, 0.05) is 18.9 Å². The van der Waals surface area contributed by atoms with Gasteiger partial charge in [-0.3, -0.25) is 4.79 Å². The van der Waals surface area contributed by atoms with Crippen molar-refractivity contribution in [3.05, 3.63) is 48.5 Å². The molecular formula is C20H24N2O4. The molecule has 0 bridgehead atoms. The van der Waals surface area contributed by atoms with Crippen molar-refractivity contribution in [1.82, 2.24) is 5.32 Å². The molecule has 138 valence electrons. The number of nitrogens with one attached hydrogen (secondary N) is 2. The highest BCUT2D eigenvalue weighted by molar-refractivity contribution is 5.97. The number of piperidine rings is 1. The van der Waals surface area contributed by atoms with Crippen molar-refractivity contribution < 1.29 is 19.0 Å². The van der Waals surface area contributed by atoms with E-state index in [9.17, 15) is 4.79 Å². The Morgan fingerprint density at radius 1 is 1.00 bits per heavy atom. The van der Waals surface area contributed by atoms with E-state index in [1.807, 2.05) is 48.5 Å². The highest BCUT2D eigenvalue weighted by Crippen LogP contribution is 2.28. The van der Waals surface area contributed by atoms with Crippen LogP contribution in [0.5, 0.6) is 17.2 Å². The largest absolute Gasteiger partial charge is 0.497 e. The fraction of sp³-hybridized carbons (Fsp3) is 0.350. The first-order valence-corrected chi connectivity index (χ1v) is 8.64. The quantitative estimate of drug-likeness (QED) is 0.832. The summed E-state index contributed by atoms with van der Waals surface area (Å²) in [4.78, 5) is 12.7. The highest BCUT2D eigenvalue weighted by atomic mass is 16.5. The normalized spacial score (nSPS) is 15.9. The van der Waals surface area contributed by atoms with Crippen LogP contribution in [0.4, 0.5) is 5.69 Å². The standard InChI is InChI=1S/C20H24N2O4/c1-24-17-4-3-5-18(14-17)26-16-8-6-15(7-9-16)22-19(23)20(25-2)10-12-21-13-11-20/h3-9,14,21H,10-13H2,1-2H3,(H,22,23). The molecule has 1 heterocycles. The summed E-state index contributed by atoms with van der Waals surface area (Å²) in [5.74, 6) is 2.00. The lowest BCUT2D eigenvalue weighted by Gasteiger charge is -2.34. The summed E-state index contributed by atoms with van der Waals surface area (Å²) in [6.45, 7) is 1.54. The summed E-state index contributed by atoms with van der Waals surface area (Å²) in [7, 11) is 3.21. The third-order valence-electron chi connectivity index (χ3n) is 4.60. The minimum atomic E-state index is -0.763. The lowest BCUT2D eigenvalue weighted by molar-refractivity contribution is -0.140. The fourth-order valence-electron chi connectivity index (χ4n) is 3.01. The highest BCUT2D eigenvalue weighted by Gasteiger charge is 2.39. The molecule has 0 unspecified atom stereocenters. The molecule has 0 spiro atoms. The number of ether oxygens (including phenoxy) is 3. The van der Waals surface area contributed by atoms with Crippen molar-refractivity contribution in [2.75, 3.05) is 32.6 Å². The number of anilines is 1. The Morgan fingerprint density at radius 3 is 2.35 bits per heavy atom. The van der Waals surface area contributed by atoms with Crippen LogP contribution >= 0.6 is 0 Å². The van der Waals surface area contributed by atoms with E-state index >= 15 is 0 Å². The zero-order valence-corrected chi connectivity index (χ0v) is 15.1. The van der Waals surface area contributed by atoms with Crippen molar-refractivity contribution in [3.8, 4) is 17.2 Å². The molecule has 1 fully saturated rings. The van der Waals surface area contributed by atoms with E-state index in [1.54, 1.807) is 14.2 Å². The first-order valence-electron chi connectivity index (χ1n) is 8.64.